The van der Waals surface area contributed by atoms with Crippen molar-refractivity contribution in [1.29, 1.82) is 0 Å². The molecule has 1 aromatic carbocycles. The number of nitrogens with one attached hydrogen (secondary N) is 1. The van der Waals surface area contributed by atoms with Gasteiger partial charge in [0.15, 0.2) is 0 Å². The third-order valence-electron chi connectivity index (χ3n) is 6.26. The molecule has 1 aromatic rings. The molecule has 2 heterocycles. The van der Waals surface area contributed by atoms with Crippen LogP contribution < -0.4 is 5.32 Å². The van der Waals surface area contributed by atoms with Gasteiger partial charge in [0.25, 0.3) is 0 Å². The maximum absolute atomic E-state index is 12.5. The van der Waals surface area contributed by atoms with Gasteiger partial charge in [-0.05, 0) is 30.7 Å². The maximum Gasteiger partial charge on any atom is 0.234 e. The summed E-state index contributed by atoms with van der Waals surface area (Å²) >= 11 is 0. The average Bonchev–Trinajstić information content (AvgIpc) is 3.12. The predicted molar refractivity (Wildman–Crippen MR) is 93.6 cm³/mol. The summed E-state index contributed by atoms with van der Waals surface area (Å²) in [5, 5.41) is 3.13. The third kappa shape index (κ3) is 2.86. The molecule has 0 spiro atoms. The monoisotopic (exact) mass is 328 g/mol. The van der Waals surface area contributed by atoms with Crippen LogP contribution in [0.2, 0.25) is 0 Å². The van der Waals surface area contributed by atoms with E-state index in [1.165, 1.54) is 31.2 Å². The second kappa shape index (κ2) is 6.85. The first-order valence-electron chi connectivity index (χ1n) is 9.44. The molecule has 1 saturated carbocycles. The van der Waals surface area contributed by atoms with Crippen LogP contribution in [0.4, 0.5) is 0 Å². The van der Waals surface area contributed by atoms with Crippen molar-refractivity contribution in [2.45, 2.75) is 37.6 Å². The molecule has 4 nitrogen and oxygen atoms in total. The zero-order valence-corrected chi connectivity index (χ0v) is 14.4. The Labute approximate surface area is 144 Å². The van der Waals surface area contributed by atoms with Gasteiger partial charge in [0.2, 0.25) is 5.91 Å². The molecule has 1 aliphatic carbocycles. The minimum atomic E-state index is 0.104. The van der Waals surface area contributed by atoms with E-state index in [0.717, 1.165) is 32.7 Å². The first kappa shape index (κ1) is 16.1. The van der Waals surface area contributed by atoms with Crippen LogP contribution in [0.5, 0.6) is 0 Å². The van der Waals surface area contributed by atoms with E-state index in [4.69, 9.17) is 4.74 Å². The van der Waals surface area contributed by atoms with E-state index < -0.39 is 0 Å². The van der Waals surface area contributed by atoms with Crippen molar-refractivity contribution < 1.29 is 9.53 Å². The molecule has 0 bridgehead atoms. The molecule has 3 atom stereocenters. The summed E-state index contributed by atoms with van der Waals surface area (Å²) < 4.78 is 5.39. The van der Waals surface area contributed by atoms with E-state index in [9.17, 15) is 4.79 Å². The summed E-state index contributed by atoms with van der Waals surface area (Å²) in [6.45, 7) is 3.98. The highest BCUT2D eigenvalue weighted by atomic mass is 16.5. The SMILES string of the molecule is O=C(CN1C[C@@H]2CCCC[C@@]21c1ccccc1)NC[C@@H]1CCOC1. The molecule has 24 heavy (non-hydrogen) atoms. The highest BCUT2D eigenvalue weighted by Crippen LogP contribution is 2.53. The first-order valence-corrected chi connectivity index (χ1v) is 9.44. The smallest absolute Gasteiger partial charge is 0.234 e. The van der Waals surface area contributed by atoms with Gasteiger partial charge in [-0.25, -0.2) is 0 Å². The maximum atomic E-state index is 12.5. The van der Waals surface area contributed by atoms with Gasteiger partial charge in [-0.1, -0.05) is 43.2 Å². The number of hydrogen-bond donors (Lipinski definition) is 1. The van der Waals surface area contributed by atoms with Crippen molar-refractivity contribution >= 4 is 5.91 Å². The number of ether oxygens (including phenoxy) is 1. The zero-order chi connectivity index (χ0) is 16.4. The third-order valence-corrected chi connectivity index (χ3v) is 6.26. The summed E-state index contributed by atoms with van der Waals surface area (Å²) in [5.74, 6) is 1.38. The van der Waals surface area contributed by atoms with Gasteiger partial charge in [0.1, 0.15) is 0 Å². The Hall–Kier alpha value is -1.39. The van der Waals surface area contributed by atoms with Gasteiger partial charge in [0, 0.05) is 25.6 Å². The summed E-state index contributed by atoms with van der Waals surface area (Å²) in [7, 11) is 0. The van der Waals surface area contributed by atoms with Crippen LogP contribution in [-0.2, 0) is 15.1 Å². The molecular formula is C20H28N2O2. The summed E-state index contributed by atoms with van der Waals surface area (Å²) in [5.41, 5.74) is 1.51. The molecule has 0 aromatic heterocycles. The largest absolute Gasteiger partial charge is 0.381 e. The van der Waals surface area contributed by atoms with Crippen LogP contribution >= 0.6 is 0 Å². The quantitative estimate of drug-likeness (QED) is 0.903. The van der Waals surface area contributed by atoms with Gasteiger partial charge >= 0.3 is 0 Å². The van der Waals surface area contributed by atoms with Crippen molar-refractivity contribution in [3.8, 4) is 0 Å². The van der Waals surface area contributed by atoms with Crippen molar-refractivity contribution in [1.82, 2.24) is 10.2 Å². The summed E-state index contributed by atoms with van der Waals surface area (Å²) in [4.78, 5) is 14.9. The van der Waals surface area contributed by atoms with E-state index in [-0.39, 0.29) is 11.4 Å². The summed E-state index contributed by atoms with van der Waals surface area (Å²) in [6, 6.07) is 10.8. The lowest BCUT2D eigenvalue weighted by molar-refractivity contribution is -0.142. The van der Waals surface area contributed by atoms with Crippen molar-refractivity contribution in [3.63, 3.8) is 0 Å². The number of amides is 1. The van der Waals surface area contributed by atoms with Crippen molar-refractivity contribution in [3.05, 3.63) is 35.9 Å². The normalized spacial score (nSPS) is 32.8. The molecule has 130 valence electrons. The Morgan fingerprint density at radius 3 is 2.88 bits per heavy atom. The first-order chi connectivity index (χ1) is 11.8. The van der Waals surface area contributed by atoms with Crippen LogP contribution in [0.15, 0.2) is 30.3 Å². The number of carbonyl (C=O) groups excluding carboxylic acids is 1. The van der Waals surface area contributed by atoms with Crippen LogP contribution in [0.3, 0.4) is 0 Å². The molecule has 1 amide bonds. The number of nitrogens with zero attached hydrogens (tertiary/aromatic N) is 1. The molecule has 2 saturated heterocycles. The second-order valence-corrected chi connectivity index (χ2v) is 7.65. The van der Waals surface area contributed by atoms with Crippen molar-refractivity contribution in [2.24, 2.45) is 11.8 Å². The van der Waals surface area contributed by atoms with Gasteiger partial charge in [-0.3, -0.25) is 9.69 Å². The number of hydrogen-bond acceptors (Lipinski definition) is 3. The molecule has 3 fully saturated rings. The van der Waals surface area contributed by atoms with E-state index >= 15 is 0 Å². The molecule has 2 aliphatic heterocycles. The number of carbonyl (C=O) groups is 1. The van der Waals surface area contributed by atoms with E-state index in [1.807, 2.05) is 0 Å². The Morgan fingerprint density at radius 2 is 2.12 bits per heavy atom. The molecule has 4 rings (SSSR count). The fourth-order valence-corrected chi connectivity index (χ4v) is 4.93. The Kier molecular flexibility index (Phi) is 4.59. The second-order valence-electron chi connectivity index (χ2n) is 7.65. The summed E-state index contributed by atoms with van der Waals surface area (Å²) in [6.07, 6.45) is 6.15. The topological polar surface area (TPSA) is 41.6 Å². The minimum Gasteiger partial charge on any atom is -0.381 e. The molecule has 0 unspecified atom stereocenters. The number of fused-ring (bicyclic) bond motifs is 1. The fraction of sp³-hybridized carbons (Fsp3) is 0.650. The molecule has 3 aliphatic rings. The average molecular weight is 328 g/mol. The predicted octanol–water partition coefficient (Wildman–Crippen LogP) is 2.54. The van der Waals surface area contributed by atoms with Gasteiger partial charge in [-0.15, -0.1) is 0 Å². The highest BCUT2D eigenvalue weighted by molar-refractivity contribution is 5.78. The molecule has 4 heteroatoms. The highest BCUT2D eigenvalue weighted by Gasteiger charge is 2.55. The van der Waals surface area contributed by atoms with Crippen molar-refractivity contribution in [2.75, 3.05) is 32.8 Å². The lowest BCUT2D eigenvalue weighted by Gasteiger charge is -2.61. The van der Waals surface area contributed by atoms with Crippen LogP contribution in [0.25, 0.3) is 0 Å². The standard InChI is InChI=1S/C20H28N2O2/c23-19(21-12-16-9-11-24-15-16)14-22-13-18-8-4-5-10-20(18,22)17-6-2-1-3-7-17/h1-3,6-7,16,18H,4-5,8-15H2,(H,21,23)/t16-,18-,20+/m0/s1. The Bertz CT molecular complexity index is 570. The minimum absolute atomic E-state index is 0.104. The fourth-order valence-electron chi connectivity index (χ4n) is 4.93. The van der Waals surface area contributed by atoms with Crippen LogP contribution in [-0.4, -0.2) is 43.7 Å². The van der Waals surface area contributed by atoms with Crippen LogP contribution in [0, 0.1) is 11.8 Å². The molecular weight excluding hydrogens is 300 g/mol. The van der Waals surface area contributed by atoms with E-state index in [0.29, 0.717) is 18.4 Å². The molecule has 0 radical (unpaired) electrons. The van der Waals surface area contributed by atoms with Crippen LogP contribution in [0.1, 0.15) is 37.7 Å². The van der Waals surface area contributed by atoms with Gasteiger partial charge in [-0.2, -0.15) is 0 Å². The number of likely N-dealkylation sites (tertiary alicyclic amines) is 1. The Morgan fingerprint density at radius 1 is 1.25 bits per heavy atom. The zero-order valence-electron chi connectivity index (χ0n) is 14.4. The van der Waals surface area contributed by atoms with E-state index in [2.05, 4.69) is 40.5 Å². The van der Waals surface area contributed by atoms with Gasteiger partial charge in [0.05, 0.1) is 18.7 Å². The Balaban J connectivity index is 1.41. The number of benzene rings is 1. The lowest BCUT2D eigenvalue weighted by atomic mass is 9.62. The molecule has 1 N–H and O–H groups in total. The van der Waals surface area contributed by atoms with E-state index in [1.54, 1.807) is 0 Å². The lowest BCUT2D eigenvalue weighted by Crippen LogP contribution is -2.67. The number of rotatable bonds is 5. The van der Waals surface area contributed by atoms with Gasteiger partial charge < -0.3 is 10.1 Å².